The molecule has 2 aromatic carbocycles. The third-order valence-corrected chi connectivity index (χ3v) is 2.84. The third-order valence-electron chi connectivity index (χ3n) is 2.47. The van der Waals surface area contributed by atoms with Crippen LogP contribution in [0, 0.1) is 0 Å². The Bertz CT molecular complexity index is 700. The van der Waals surface area contributed by atoms with Gasteiger partial charge in [-0.05, 0) is 24.3 Å². The molecule has 20 heavy (non-hydrogen) atoms. The second kappa shape index (κ2) is 5.66. The zero-order valence-electron chi connectivity index (χ0n) is 10.4. The van der Waals surface area contributed by atoms with Gasteiger partial charge in [-0.2, -0.15) is 0 Å². The summed E-state index contributed by atoms with van der Waals surface area (Å²) in [5, 5.41) is 6.59. The minimum absolute atomic E-state index is 0.178. The van der Waals surface area contributed by atoms with Crippen molar-refractivity contribution >= 4 is 12.6 Å². The topological polar surface area (TPSA) is 60.0 Å². The van der Waals surface area contributed by atoms with E-state index < -0.39 is 0 Å². The van der Waals surface area contributed by atoms with Crippen LogP contribution in [-0.4, -0.2) is 15.2 Å². The number of aromatic amines is 1. The van der Waals surface area contributed by atoms with Crippen molar-refractivity contribution in [2.24, 2.45) is 0 Å². The van der Waals surface area contributed by atoms with E-state index in [4.69, 9.17) is 9.47 Å². The van der Waals surface area contributed by atoms with Crippen molar-refractivity contribution in [3.05, 3.63) is 54.6 Å². The van der Waals surface area contributed by atoms with Crippen molar-refractivity contribution in [2.45, 2.75) is 4.90 Å². The molecule has 1 aromatic heterocycles. The summed E-state index contributed by atoms with van der Waals surface area (Å²) in [5.41, 5.74) is 0. The number of ether oxygens (including phenoxy) is 2. The predicted octanol–water partition coefficient (Wildman–Crippen LogP) is 3.68. The van der Waals surface area contributed by atoms with Gasteiger partial charge < -0.3 is 9.47 Å². The van der Waals surface area contributed by atoms with E-state index in [0.717, 1.165) is 0 Å². The maximum Gasteiger partial charge on any atom is 0.344 e. The Morgan fingerprint density at radius 2 is 1.65 bits per heavy atom. The van der Waals surface area contributed by atoms with Crippen LogP contribution in [0.4, 0.5) is 0 Å². The summed E-state index contributed by atoms with van der Waals surface area (Å²) < 4.78 is 11.0. The number of rotatable bonds is 4. The van der Waals surface area contributed by atoms with Crippen molar-refractivity contribution in [3.63, 3.8) is 0 Å². The molecule has 3 aromatic rings. The number of benzene rings is 2. The van der Waals surface area contributed by atoms with Gasteiger partial charge in [0.1, 0.15) is 11.5 Å². The van der Waals surface area contributed by atoms with Crippen LogP contribution >= 0.6 is 12.6 Å². The van der Waals surface area contributed by atoms with Crippen molar-refractivity contribution < 1.29 is 9.47 Å². The molecule has 1 N–H and O–H groups in total. The van der Waals surface area contributed by atoms with Crippen LogP contribution in [0.25, 0.3) is 0 Å². The molecule has 3 rings (SSSR count). The van der Waals surface area contributed by atoms with E-state index in [1.165, 1.54) is 0 Å². The molecule has 0 aliphatic carbocycles. The van der Waals surface area contributed by atoms with E-state index in [1.807, 2.05) is 48.5 Å². The van der Waals surface area contributed by atoms with Gasteiger partial charge >= 0.3 is 12.0 Å². The number of nitrogens with zero attached hydrogens (tertiary/aromatic N) is 2. The molecule has 0 amide bonds. The molecule has 0 aliphatic rings. The smallest absolute Gasteiger partial charge is 0.344 e. The summed E-state index contributed by atoms with van der Waals surface area (Å²) in [7, 11) is 0. The average molecular weight is 285 g/mol. The molecule has 1 heterocycles. The van der Waals surface area contributed by atoms with Crippen molar-refractivity contribution in [1.82, 2.24) is 15.2 Å². The summed E-state index contributed by atoms with van der Waals surface area (Å²) in [4.78, 5) is 4.81. The number of hydrogen-bond acceptors (Lipinski definition) is 5. The molecule has 0 spiro atoms. The summed E-state index contributed by atoms with van der Waals surface area (Å²) in [5.74, 6) is 1.26. The minimum atomic E-state index is 0.178. The standard InChI is InChI=1S/C14H11N3O2S/c20-12-9-5-4-8-11(12)19-14-15-13(16-17-14)18-10-6-2-1-3-7-10/h1-9,20H,(H,15,16,17). The number of thiol groups is 1. The molecule has 0 unspecified atom stereocenters. The first-order valence-corrected chi connectivity index (χ1v) is 6.37. The van der Waals surface area contributed by atoms with Gasteiger partial charge in [-0.1, -0.05) is 30.3 Å². The zero-order valence-corrected chi connectivity index (χ0v) is 11.2. The van der Waals surface area contributed by atoms with Crippen LogP contribution in [0.2, 0.25) is 0 Å². The number of para-hydroxylation sites is 2. The monoisotopic (exact) mass is 285 g/mol. The second-order valence-electron chi connectivity index (χ2n) is 3.91. The molecular formula is C14H11N3O2S. The fraction of sp³-hybridized carbons (Fsp3) is 0. The Labute approximate surface area is 121 Å². The molecule has 0 atom stereocenters. The van der Waals surface area contributed by atoms with E-state index >= 15 is 0 Å². The van der Waals surface area contributed by atoms with Gasteiger partial charge in [-0.15, -0.1) is 22.7 Å². The van der Waals surface area contributed by atoms with Crippen molar-refractivity contribution in [2.75, 3.05) is 0 Å². The first kappa shape index (κ1) is 12.6. The van der Waals surface area contributed by atoms with Crippen LogP contribution in [0.5, 0.6) is 23.5 Å². The summed E-state index contributed by atoms with van der Waals surface area (Å²) in [6.45, 7) is 0. The van der Waals surface area contributed by atoms with Crippen molar-refractivity contribution in [3.8, 4) is 23.5 Å². The highest BCUT2D eigenvalue weighted by Gasteiger charge is 2.08. The van der Waals surface area contributed by atoms with Crippen LogP contribution in [-0.2, 0) is 0 Å². The SMILES string of the molecule is Sc1ccccc1Oc1n[nH]c(Oc2ccccc2)n1. The van der Waals surface area contributed by atoms with E-state index in [9.17, 15) is 0 Å². The molecular weight excluding hydrogens is 274 g/mol. The van der Waals surface area contributed by atoms with Crippen LogP contribution < -0.4 is 9.47 Å². The highest BCUT2D eigenvalue weighted by molar-refractivity contribution is 7.80. The minimum Gasteiger partial charge on any atom is -0.425 e. The van der Waals surface area contributed by atoms with Crippen LogP contribution in [0.15, 0.2) is 59.5 Å². The third kappa shape index (κ3) is 2.92. The molecule has 0 bridgehead atoms. The average Bonchev–Trinajstić information content (AvgIpc) is 2.90. The number of aromatic nitrogens is 3. The lowest BCUT2D eigenvalue weighted by Gasteiger charge is -2.02. The Kier molecular flexibility index (Phi) is 3.56. The Balaban J connectivity index is 1.73. The van der Waals surface area contributed by atoms with Crippen molar-refractivity contribution in [1.29, 1.82) is 0 Å². The molecule has 0 saturated heterocycles. The highest BCUT2D eigenvalue weighted by atomic mass is 32.1. The first-order chi connectivity index (χ1) is 9.81. The zero-order chi connectivity index (χ0) is 13.8. The Morgan fingerprint density at radius 1 is 0.900 bits per heavy atom. The predicted molar refractivity (Wildman–Crippen MR) is 76.7 cm³/mol. The van der Waals surface area contributed by atoms with Crippen LogP contribution in [0.3, 0.4) is 0 Å². The number of H-pyrrole nitrogens is 1. The summed E-state index contributed by atoms with van der Waals surface area (Å²) in [6, 6.07) is 17.1. The van der Waals surface area contributed by atoms with E-state index in [1.54, 1.807) is 6.07 Å². The summed E-state index contributed by atoms with van der Waals surface area (Å²) in [6.07, 6.45) is 0. The van der Waals surface area contributed by atoms with Gasteiger partial charge in [-0.3, -0.25) is 0 Å². The van der Waals surface area contributed by atoms with E-state index in [2.05, 4.69) is 27.8 Å². The van der Waals surface area contributed by atoms with E-state index in [0.29, 0.717) is 16.4 Å². The summed E-state index contributed by atoms with van der Waals surface area (Å²) >= 11 is 4.29. The highest BCUT2D eigenvalue weighted by Crippen LogP contribution is 2.26. The van der Waals surface area contributed by atoms with Gasteiger partial charge in [0, 0.05) is 4.90 Å². The largest absolute Gasteiger partial charge is 0.425 e. The second-order valence-corrected chi connectivity index (χ2v) is 4.39. The lowest BCUT2D eigenvalue weighted by molar-refractivity contribution is 0.422. The van der Waals surface area contributed by atoms with Gasteiger partial charge in [0.15, 0.2) is 0 Å². The molecule has 5 nitrogen and oxygen atoms in total. The lowest BCUT2D eigenvalue weighted by atomic mass is 10.3. The molecule has 0 fully saturated rings. The molecule has 0 radical (unpaired) electrons. The fourth-order valence-electron chi connectivity index (χ4n) is 1.57. The maximum atomic E-state index is 5.52. The number of hydrogen-bond donors (Lipinski definition) is 2. The van der Waals surface area contributed by atoms with E-state index in [-0.39, 0.29) is 12.0 Å². The van der Waals surface area contributed by atoms with Gasteiger partial charge in [-0.25, -0.2) is 5.10 Å². The quantitative estimate of drug-likeness (QED) is 0.718. The van der Waals surface area contributed by atoms with Gasteiger partial charge in [0.25, 0.3) is 0 Å². The first-order valence-electron chi connectivity index (χ1n) is 5.92. The van der Waals surface area contributed by atoms with Gasteiger partial charge in [0.2, 0.25) is 0 Å². The normalized spacial score (nSPS) is 10.2. The van der Waals surface area contributed by atoms with Gasteiger partial charge in [0.05, 0.1) is 0 Å². The maximum absolute atomic E-state index is 5.52. The Morgan fingerprint density at radius 3 is 2.45 bits per heavy atom. The number of nitrogens with one attached hydrogen (secondary N) is 1. The lowest BCUT2D eigenvalue weighted by Crippen LogP contribution is -1.88. The fourth-order valence-corrected chi connectivity index (χ4v) is 1.77. The molecule has 0 saturated carbocycles. The Hall–Kier alpha value is -2.47. The molecule has 0 aliphatic heterocycles. The molecule has 100 valence electrons. The van der Waals surface area contributed by atoms with Crippen LogP contribution in [0.1, 0.15) is 0 Å². The molecule has 6 heteroatoms.